The Morgan fingerprint density at radius 3 is 2.00 bits per heavy atom. The highest BCUT2D eigenvalue weighted by Gasteiger charge is 2.55. The minimum Gasteiger partial charge on any atom is -0.476 e. The van der Waals surface area contributed by atoms with E-state index in [1.54, 1.807) is 0 Å². The number of anilines is 1. The number of oxime groups is 1. The fourth-order valence-corrected chi connectivity index (χ4v) is 8.25. The molecular formula is C32H26ClN5O8S3. The molecule has 4 aromatic rings. The summed E-state index contributed by atoms with van der Waals surface area (Å²) >= 11 is 8.39. The lowest BCUT2D eigenvalue weighted by atomic mass is 9.80. The van der Waals surface area contributed by atoms with Gasteiger partial charge in [0.15, 0.2) is 22.3 Å². The summed E-state index contributed by atoms with van der Waals surface area (Å²) in [5.41, 5.74) is 5.48. The van der Waals surface area contributed by atoms with Gasteiger partial charge in [0.1, 0.15) is 21.4 Å². The van der Waals surface area contributed by atoms with Crippen LogP contribution >= 0.6 is 34.7 Å². The number of nitrogens with zero attached hydrogens (tertiary/aromatic N) is 3. The maximum atomic E-state index is 14.1. The van der Waals surface area contributed by atoms with E-state index in [1.165, 1.54) is 0 Å². The normalized spacial score (nSPS) is 18.0. The standard InChI is InChI=1S/C32H26ClN5O8S3/c1-49(43,44)45-21-17-47-29-24(28(40)38(29)25(21)30(41)42)35-27(39)23(22-26(33)48-31(34)36-22)37-46-32(18-11-5-2-6-12-18,19-13-7-3-8-14-19)20-15-9-4-10-16-20/h2-16,24,29H,17H2,1H3,(H2,34,36)(H,35,39)(H,41,42)/b37-23-/t24-,29+/m1/s1. The van der Waals surface area contributed by atoms with Crippen molar-refractivity contribution in [3.8, 4) is 0 Å². The number of rotatable bonds is 11. The molecule has 252 valence electrons. The molecule has 3 heterocycles. The van der Waals surface area contributed by atoms with Crippen molar-refractivity contribution >= 4 is 73.4 Å². The molecule has 0 aliphatic carbocycles. The average Bonchev–Trinajstić information content (AvgIpc) is 3.42. The van der Waals surface area contributed by atoms with Crippen molar-refractivity contribution in [1.82, 2.24) is 15.2 Å². The van der Waals surface area contributed by atoms with Crippen LogP contribution in [0.5, 0.6) is 0 Å². The van der Waals surface area contributed by atoms with Crippen LogP contribution < -0.4 is 11.1 Å². The number of benzene rings is 3. The first-order valence-corrected chi connectivity index (χ1v) is 18.4. The van der Waals surface area contributed by atoms with E-state index in [-0.39, 0.29) is 20.9 Å². The molecule has 17 heteroatoms. The molecule has 1 aromatic heterocycles. The van der Waals surface area contributed by atoms with Crippen molar-refractivity contribution in [2.24, 2.45) is 5.16 Å². The van der Waals surface area contributed by atoms with Crippen LogP contribution in [0.2, 0.25) is 4.34 Å². The Balaban J connectivity index is 1.40. The van der Waals surface area contributed by atoms with E-state index >= 15 is 0 Å². The molecule has 1 fully saturated rings. The van der Waals surface area contributed by atoms with Crippen molar-refractivity contribution in [2.75, 3.05) is 17.7 Å². The van der Waals surface area contributed by atoms with Gasteiger partial charge in [0.2, 0.25) is 5.60 Å². The first-order valence-electron chi connectivity index (χ1n) is 14.4. The Morgan fingerprint density at radius 2 is 1.55 bits per heavy atom. The van der Waals surface area contributed by atoms with E-state index in [2.05, 4.69) is 15.5 Å². The molecule has 2 aliphatic rings. The van der Waals surface area contributed by atoms with Crippen LogP contribution in [0.4, 0.5) is 5.13 Å². The topological polar surface area (TPSA) is 191 Å². The predicted octanol–water partition coefficient (Wildman–Crippen LogP) is 3.76. The number of carbonyl (C=O) groups excluding carboxylic acids is 2. The fraction of sp³-hybridized carbons (Fsp3) is 0.156. The number of amides is 2. The molecule has 2 amide bonds. The molecule has 0 radical (unpaired) electrons. The van der Waals surface area contributed by atoms with Crippen LogP contribution in [0.25, 0.3) is 0 Å². The van der Waals surface area contributed by atoms with Crippen LogP contribution in [0.1, 0.15) is 22.4 Å². The third-order valence-corrected chi connectivity index (χ3v) is 10.4. The van der Waals surface area contributed by atoms with Crippen LogP contribution in [0.15, 0.2) is 108 Å². The zero-order valence-corrected chi connectivity index (χ0v) is 28.6. The maximum Gasteiger partial charge on any atom is 0.356 e. The molecule has 0 spiro atoms. The van der Waals surface area contributed by atoms with Crippen LogP contribution in [0, 0.1) is 0 Å². The lowest BCUT2D eigenvalue weighted by Gasteiger charge is -2.48. The minimum atomic E-state index is -4.08. The van der Waals surface area contributed by atoms with Crippen molar-refractivity contribution < 1.29 is 36.9 Å². The molecule has 1 saturated heterocycles. The Kier molecular flexibility index (Phi) is 9.39. The van der Waals surface area contributed by atoms with Crippen molar-refractivity contribution in [3.05, 3.63) is 129 Å². The molecule has 3 aromatic carbocycles. The zero-order valence-electron chi connectivity index (χ0n) is 25.3. The molecule has 6 rings (SSSR count). The molecule has 4 N–H and O–H groups in total. The van der Waals surface area contributed by atoms with E-state index in [0.717, 1.165) is 34.3 Å². The number of aliphatic carboxylic acids is 1. The summed E-state index contributed by atoms with van der Waals surface area (Å²) in [4.78, 5) is 51.0. The van der Waals surface area contributed by atoms with Crippen LogP contribution in [0.3, 0.4) is 0 Å². The van der Waals surface area contributed by atoms with Gasteiger partial charge >= 0.3 is 16.1 Å². The number of nitrogen functional groups attached to an aromatic ring is 1. The van der Waals surface area contributed by atoms with Gasteiger partial charge in [-0.3, -0.25) is 14.5 Å². The number of β-lactam (4-membered cyclic amide) rings is 1. The highest BCUT2D eigenvalue weighted by atomic mass is 35.5. The predicted molar refractivity (Wildman–Crippen MR) is 184 cm³/mol. The summed E-state index contributed by atoms with van der Waals surface area (Å²) in [5, 5.41) is 16.0. The SMILES string of the molecule is CS(=O)(=O)OC1=C(C(=O)O)N2C(=O)[C@@H](NC(=O)/C(=N\OC(c3ccccc3)(c3ccccc3)c3ccccc3)c3nc(N)sc3Cl)[C@@H]2SC1. The number of aromatic nitrogens is 1. The highest BCUT2D eigenvalue weighted by Crippen LogP contribution is 2.42. The number of carbonyl (C=O) groups is 3. The highest BCUT2D eigenvalue weighted by molar-refractivity contribution is 8.00. The number of carboxylic acids is 1. The number of halogens is 1. The van der Waals surface area contributed by atoms with E-state index in [1.807, 2.05) is 91.0 Å². The van der Waals surface area contributed by atoms with Gasteiger partial charge in [-0.15, -0.1) is 11.8 Å². The maximum absolute atomic E-state index is 14.1. The number of thioether (sulfide) groups is 1. The number of hydrogen-bond donors (Lipinski definition) is 3. The monoisotopic (exact) mass is 739 g/mol. The summed E-state index contributed by atoms with van der Waals surface area (Å²) < 4.78 is 28.4. The lowest BCUT2D eigenvalue weighted by molar-refractivity contribution is -0.150. The first-order chi connectivity index (χ1) is 23.4. The second-order valence-electron chi connectivity index (χ2n) is 10.7. The van der Waals surface area contributed by atoms with Gasteiger partial charge < -0.3 is 25.2 Å². The summed E-state index contributed by atoms with van der Waals surface area (Å²) in [6, 6.07) is 26.6. The van der Waals surface area contributed by atoms with Gasteiger partial charge in [-0.05, 0) is 0 Å². The molecule has 0 saturated carbocycles. The van der Waals surface area contributed by atoms with E-state index in [0.29, 0.717) is 16.7 Å². The molecular weight excluding hydrogens is 714 g/mol. The summed E-state index contributed by atoms with van der Waals surface area (Å²) in [6.07, 6.45) is 0.762. The van der Waals surface area contributed by atoms with Gasteiger partial charge in [0, 0.05) is 16.7 Å². The number of nitrogens with two attached hydrogens (primary N) is 1. The van der Waals surface area contributed by atoms with E-state index in [9.17, 15) is 27.9 Å². The Labute approximate surface area is 293 Å². The molecule has 0 unspecified atom stereocenters. The Hall–Kier alpha value is -4.90. The molecule has 13 nitrogen and oxygen atoms in total. The number of thiazole rings is 1. The summed E-state index contributed by atoms with van der Waals surface area (Å²) in [6.45, 7) is 0. The van der Waals surface area contributed by atoms with Gasteiger partial charge in [0.25, 0.3) is 11.8 Å². The van der Waals surface area contributed by atoms with Crippen molar-refractivity contribution in [2.45, 2.75) is 17.0 Å². The van der Waals surface area contributed by atoms with E-state index in [4.69, 9.17) is 26.4 Å². The number of fused-ring (bicyclic) bond motifs is 1. The largest absolute Gasteiger partial charge is 0.476 e. The summed E-state index contributed by atoms with van der Waals surface area (Å²) in [5.74, 6) is -3.89. The minimum absolute atomic E-state index is 0.0343. The third-order valence-electron chi connectivity index (χ3n) is 7.53. The van der Waals surface area contributed by atoms with Crippen LogP contribution in [-0.4, -0.2) is 70.3 Å². The van der Waals surface area contributed by atoms with Gasteiger partial charge in [0.05, 0.1) is 12.0 Å². The second-order valence-corrected chi connectivity index (χ2v) is 15.0. The molecule has 0 bridgehead atoms. The Bertz CT molecular complexity index is 2000. The molecule has 2 atom stereocenters. The van der Waals surface area contributed by atoms with Gasteiger partial charge in [-0.25, -0.2) is 9.78 Å². The molecule has 2 aliphatic heterocycles. The second kappa shape index (κ2) is 13.5. The van der Waals surface area contributed by atoms with Crippen LogP contribution in [-0.2, 0) is 39.1 Å². The first kappa shape index (κ1) is 34.0. The Morgan fingerprint density at radius 1 is 1.02 bits per heavy atom. The van der Waals surface area contributed by atoms with Crippen molar-refractivity contribution in [1.29, 1.82) is 0 Å². The average molecular weight is 740 g/mol. The zero-order chi connectivity index (χ0) is 34.9. The fourth-order valence-electron chi connectivity index (χ4n) is 5.49. The van der Waals surface area contributed by atoms with Gasteiger partial charge in [-0.1, -0.05) is 119 Å². The molecule has 49 heavy (non-hydrogen) atoms. The number of hydrogen-bond acceptors (Lipinski definition) is 12. The van der Waals surface area contributed by atoms with Crippen molar-refractivity contribution in [3.63, 3.8) is 0 Å². The smallest absolute Gasteiger partial charge is 0.356 e. The lowest BCUT2D eigenvalue weighted by Crippen LogP contribution is -2.71. The van der Waals surface area contributed by atoms with Gasteiger partial charge in [-0.2, -0.15) is 8.42 Å². The summed E-state index contributed by atoms with van der Waals surface area (Å²) in [7, 11) is -4.08. The van der Waals surface area contributed by atoms with E-state index < -0.39 is 62.1 Å². The number of carboxylic acid groups (broad SMARTS) is 1. The number of nitrogens with one attached hydrogen (secondary N) is 1. The third kappa shape index (κ3) is 6.59. The quantitative estimate of drug-likeness (QED) is 0.0668.